The largest absolute Gasteiger partial charge is 0.465 e. The van der Waals surface area contributed by atoms with Crippen LogP contribution in [0.2, 0.25) is 19.6 Å². The van der Waals surface area contributed by atoms with Gasteiger partial charge in [0.25, 0.3) is 0 Å². The summed E-state index contributed by atoms with van der Waals surface area (Å²) in [4.78, 5) is 10.7. The number of carbonyl (C=O) groups is 1. The van der Waals surface area contributed by atoms with E-state index in [4.69, 9.17) is 0 Å². The van der Waals surface area contributed by atoms with Gasteiger partial charge in [0, 0.05) is 9.97 Å². The second-order valence-electron chi connectivity index (χ2n) is 4.23. The van der Waals surface area contributed by atoms with Crippen LogP contribution in [-0.2, 0) is 9.53 Å². The van der Waals surface area contributed by atoms with Gasteiger partial charge in [-0.05, 0) is 0 Å². The molecule has 2 nitrogen and oxygen atoms in total. The fraction of sp³-hybridized carbons (Fsp3) is 0.875. The molecule has 0 rings (SSSR count). The van der Waals surface area contributed by atoms with Crippen LogP contribution in [0.4, 0.5) is 8.78 Å². The van der Waals surface area contributed by atoms with E-state index in [1.165, 1.54) is 0 Å². The molecule has 0 N–H and O–H groups in total. The summed E-state index contributed by atoms with van der Waals surface area (Å²) in [6, 6.07) is 0. The van der Waals surface area contributed by atoms with Crippen molar-refractivity contribution < 1.29 is 18.3 Å². The molecule has 14 heavy (non-hydrogen) atoms. The first-order valence-electron chi connectivity index (χ1n) is 4.21. The third-order valence-corrected chi connectivity index (χ3v) is 9.99. The first-order chi connectivity index (χ1) is 6.11. The number of hydrogen-bond donors (Lipinski definition) is 0. The van der Waals surface area contributed by atoms with Crippen LogP contribution in [-0.4, -0.2) is 30.6 Å². The maximum Gasteiger partial charge on any atom is 0.376 e. The van der Waals surface area contributed by atoms with E-state index in [9.17, 15) is 13.6 Å². The second kappa shape index (κ2) is 4.87. The number of alkyl halides is 3. The third kappa shape index (κ3) is 4.20. The zero-order valence-corrected chi connectivity index (χ0v) is 11.9. The quantitative estimate of drug-likeness (QED) is 0.342. The van der Waals surface area contributed by atoms with Gasteiger partial charge in [0.15, 0.2) is 0 Å². The summed E-state index contributed by atoms with van der Waals surface area (Å²) in [6.45, 7) is 5.99. The Balaban J connectivity index is 4.44. The molecule has 0 fully saturated rings. The van der Waals surface area contributed by atoms with Gasteiger partial charge in [-0.2, -0.15) is 8.78 Å². The summed E-state index contributed by atoms with van der Waals surface area (Å²) in [5.74, 6) is -4.78. The van der Waals surface area contributed by atoms with Gasteiger partial charge in [0.2, 0.25) is 0 Å². The van der Waals surface area contributed by atoms with Crippen molar-refractivity contribution in [1.82, 2.24) is 0 Å². The highest BCUT2D eigenvalue weighted by Gasteiger charge is 2.44. The van der Waals surface area contributed by atoms with Gasteiger partial charge in [-0.15, -0.1) is 0 Å². The normalized spacial score (nSPS) is 15.1. The molecule has 1 atom stereocenters. The Morgan fingerprint density at radius 1 is 1.50 bits per heavy atom. The van der Waals surface area contributed by atoms with Crippen molar-refractivity contribution in [3.63, 3.8) is 0 Å². The Kier molecular flexibility index (Phi) is 4.96. The van der Waals surface area contributed by atoms with E-state index in [1.807, 2.05) is 42.2 Å². The van der Waals surface area contributed by atoms with Crippen LogP contribution in [0.1, 0.15) is 6.42 Å². The molecule has 0 aromatic heterocycles. The van der Waals surface area contributed by atoms with E-state index in [2.05, 4.69) is 4.74 Å². The number of methoxy groups -OCH3 is 1. The predicted octanol–water partition coefficient (Wildman–Crippen LogP) is 2.87. The van der Waals surface area contributed by atoms with Crippen LogP contribution in [0.15, 0.2) is 0 Å². The van der Waals surface area contributed by atoms with Crippen molar-refractivity contribution in [3.8, 4) is 0 Å². The standard InChI is InChI=1S/C8H15F2IO2Si/c1-13-7(12)8(9,10)5-6(11)14(2,3)4/h6H,5H2,1-4H3. The molecule has 6 heteroatoms. The number of esters is 1. The van der Waals surface area contributed by atoms with Crippen molar-refractivity contribution in [3.05, 3.63) is 0 Å². The minimum atomic E-state index is -3.35. The maximum atomic E-state index is 13.1. The van der Waals surface area contributed by atoms with Gasteiger partial charge in [0.1, 0.15) is 0 Å². The van der Waals surface area contributed by atoms with Gasteiger partial charge in [-0.1, -0.05) is 42.2 Å². The molecule has 0 aromatic rings. The Hall–Kier alpha value is 0.277. The minimum Gasteiger partial charge on any atom is -0.465 e. The van der Waals surface area contributed by atoms with Crippen LogP contribution in [0.25, 0.3) is 0 Å². The van der Waals surface area contributed by atoms with Crippen molar-refractivity contribution in [1.29, 1.82) is 0 Å². The minimum absolute atomic E-state index is 0.144. The fourth-order valence-corrected chi connectivity index (χ4v) is 2.19. The number of rotatable bonds is 4. The fourth-order valence-electron chi connectivity index (χ4n) is 0.764. The summed E-state index contributed by atoms with van der Waals surface area (Å²) in [5, 5.41) is 0. The van der Waals surface area contributed by atoms with Crippen molar-refractivity contribution in [2.45, 2.75) is 35.5 Å². The molecule has 0 saturated heterocycles. The van der Waals surface area contributed by atoms with E-state index in [0.29, 0.717) is 0 Å². The van der Waals surface area contributed by atoms with Gasteiger partial charge >= 0.3 is 11.9 Å². The van der Waals surface area contributed by atoms with Gasteiger partial charge in [-0.25, -0.2) is 4.79 Å². The van der Waals surface area contributed by atoms with Crippen LogP contribution in [0, 0.1) is 0 Å². The highest BCUT2D eigenvalue weighted by atomic mass is 127. The van der Waals surface area contributed by atoms with Crippen LogP contribution in [0.5, 0.6) is 0 Å². The van der Waals surface area contributed by atoms with Crippen LogP contribution < -0.4 is 0 Å². The van der Waals surface area contributed by atoms with Crippen molar-refractivity contribution in [2.24, 2.45) is 0 Å². The molecule has 84 valence electrons. The average molecular weight is 336 g/mol. The molecule has 0 saturated carbocycles. The van der Waals surface area contributed by atoms with E-state index in [-0.39, 0.29) is 3.55 Å². The summed E-state index contributed by atoms with van der Waals surface area (Å²) in [5.41, 5.74) is 0. The average Bonchev–Trinajstić information content (AvgIpc) is 2.00. The number of hydrogen-bond acceptors (Lipinski definition) is 2. The van der Waals surface area contributed by atoms with Crippen molar-refractivity contribution in [2.75, 3.05) is 7.11 Å². The predicted molar refractivity (Wildman–Crippen MR) is 62.7 cm³/mol. The highest BCUT2D eigenvalue weighted by Crippen LogP contribution is 2.30. The lowest BCUT2D eigenvalue weighted by Gasteiger charge is -2.26. The molecule has 0 spiro atoms. The summed E-state index contributed by atoms with van der Waals surface area (Å²) in [6.07, 6.45) is -0.421. The lowest BCUT2D eigenvalue weighted by Crippen LogP contribution is -2.41. The third-order valence-electron chi connectivity index (χ3n) is 1.86. The number of ether oxygens (including phenoxy) is 1. The Bertz CT molecular complexity index is 216. The van der Waals surface area contributed by atoms with E-state index < -0.39 is 26.4 Å². The molecule has 0 aliphatic carbocycles. The van der Waals surface area contributed by atoms with Crippen LogP contribution >= 0.6 is 22.6 Å². The molecule has 0 aliphatic rings. The molecule has 0 bridgehead atoms. The smallest absolute Gasteiger partial charge is 0.376 e. The molecule has 1 unspecified atom stereocenters. The Labute approximate surface area is 97.5 Å². The van der Waals surface area contributed by atoms with Crippen molar-refractivity contribution >= 4 is 36.6 Å². The Morgan fingerprint density at radius 3 is 2.21 bits per heavy atom. The first-order valence-corrected chi connectivity index (χ1v) is 9.04. The lowest BCUT2D eigenvalue weighted by molar-refractivity contribution is -0.169. The zero-order valence-electron chi connectivity index (χ0n) is 8.73. The summed E-state index contributed by atoms with van der Waals surface area (Å²) in [7, 11) is -0.651. The SMILES string of the molecule is COC(=O)C(F)(F)CC(I)[Si](C)(C)C. The number of halogens is 3. The monoisotopic (exact) mass is 336 g/mol. The molecular formula is C8H15F2IO2Si. The summed E-state index contributed by atoms with van der Waals surface area (Å²) >= 11 is 2.00. The van der Waals surface area contributed by atoms with Gasteiger partial charge in [0.05, 0.1) is 15.2 Å². The molecule has 0 heterocycles. The Morgan fingerprint density at radius 2 is 1.93 bits per heavy atom. The molecule has 0 radical (unpaired) electrons. The van der Waals surface area contributed by atoms with E-state index >= 15 is 0 Å². The van der Waals surface area contributed by atoms with Gasteiger partial charge in [-0.3, -0.25) is 0 Å². The zero-order chi connectivity index (χ0) is 11.6. The van der Waals surface area contributed by atoms with E-state index in [0.717, 1.165) is 7.11 Å². The summed E-state index contributed by atoms with van der Waals surface area (Å²) < 4.78 is 30.2. The molecule has 0 aliphatic heterocycles. The van der Waals surface area contributed by atoms with E-state index in [1.54, 1.807) is 0 Å². The highest BCUT2D eigenvalue weighted by molar-refractivity contribution is 14.1. The topological polar surface area (TPSA) is 26.3 Å². The molecular weight excluding hydrogens is 321 g/mol. The second-order valence-corrected chi connectivity index (χ2v) is 12.3. The number of carbonyl (C=O) groups excluding carboxylic acids is 1. The maximum absolute atomic E-state index is 13.1. The molecule has 0 amide bonds. The first kappa shape index (κ1) is 14.3. The van der Waals surface area contributed by atoms with Gasteiger partial charge < -0.3 is 4.74 Å². The van der Waals surface area contributed by atoms with Crippen LogP contribution in [0.3, 0.4) is 0 Å². The molecule has 0 aromatic carbocycles. The lowest BCUT2D eigenvalue weighted by atomic mass is 10.3.